The van der Waals surface area contributed by atoms with E-state index in [0.29, 0.717) is 5.56 Å². The molecule has 3 heteroatoms. The van der Waals surface area contributed by atoms with Gasteiger partial charge in [-0.3, -0.25) is 0 Å². The summed E-state index contributed by atoms with van der Waals surface area (Å²) in [6, 6.07) is 13.6. The zero-order valence-corrected chi connectivity index (χ0v) is 11.1. The molecule has 0 saturated heterocycles. The maximum absolute atomic E-state index is 10.9. The average Bonchev–Trinajstić information content (AvgIpc) is 2.37. The van der Waals surface area contributed by atoms with E-state index in [2.05, 4.69) is 36.5 Å². The Hall–Kier alpha value is -2.29. The lowest BCUT2D eigenvalue weighted by Crippen LogP contribution is -2.03. The smallest absolute Gasteiger partial charge is 0.335 e. The fourth-order valence-corrected chi connectivity index (χ4v) is 1.92. The fourth-order valence-electron chi connectivity index (χ4n) is 1.92. The highest BCUT2D eigenvalue weighted by Crippen LogP contribution is 2.16. The molecule has 0 saturated carbocycles. The first-order valence-electron chi connectivity index (χ1n) is 6.19. The van der Waals surface area contributed by atoms with Crippen LogP contribution < -0.4 is 5.32 Å². The minimum absolute atomic E-state index is 0.348. The molecule has 0 aliphatic carbocycles. The van der Waals surface area contributed by atoms with Crippen molar-refractivity contribution in [2.45, 2.75) is 20.4 Å². The summed E-state index contributed by atoms with van der Waals surface area (Å²) in [5.41, 5.74) is 4.49. The molecule has 2 aromatic rings. The van der Waals surface area contributed by atoms with E-state index in [0.717, 1.165) is 17.8 Å². The highest BCUT2D eigenvalue weighted by Gasteiger charge is 2.06. The van der Waals surface area contributed by atoms with Gasteiger partial charge in [0.25, 0.3) is 0 Å². The third-order valence-corrected chi connectivity index (χ3v) is 3.07. The van der Waals surface area contributed by atoms with Crippen molar-refractivity contribution in [3.63, 3.8) is 0 Å². The number of hydrogen-bond acceptors (Lipinski definition) is 2. The average molecular weight is 255 g/mol. The molecule has 0 aromatic heterocycles. The minimum Gasteiger partial charge on any atom is -0.478 e. The second kappa shape index (κ2) is 5.57. The Morgan fingerprint density at radius 1 is 1.11 bits per heavy atom. The summed E-state index contributed by atoms with van der Waals surface area (Å²) in [6.07, 6.45) is 0. The topological polar surface area (TPSA) is 49.3 Å². The SMILES string of the molecule is Cc1ccc(CNc2ccc(C(=O)O)c(C)c2)cc1. The molecule has 0 atom stereocenters. The largest absolute Gasteiger partial charge is 0.478 e. The molecule has 0 heterocycles. The number of nitrogens with one attached hydrogen (secondary N) is 1. The van der Waals surface area contributed by atoms with Gasteiger partial charge in [0, 0.05) is 12.2 Å². The van der Waals surface area contributed by atoms with E-state index in [1.54, 1.807) is 19.1 Å². The van der Waals surface area contributed by atoms with Gasteiger partial charge in [-0.05, 0) is 43.2 Å². The van der Waals surface area contributed by atoms with Crippen molar-refractivity contribution in [3.8, 4) is 0 Å². The first kappa shape index (κ1) is 13.1. The molecular weight excluding hydrogens is 238 g/mol. The van der Waals surface area contributed by atoms with Gasteiger partial charge in [0.2, 0.25) is 0 Å². The van der Waals surface area contributed by atoms with Gasteiger partial charge < -0.3 is 10.4 Å². The molecule has 0 bridgehead atoms. The van der Waals surface area contributed by atoms with Crippen LogP contribution in [0.1, 0.15) is 27.0 Å². The maximum atomic E-state index is 10.9. The Kier molecular flexibility index (Phi) is 3.85. The van der Waals surface area contributed by atoms with Crippen molar-refractivity contribution in [1.29, 1.82) is 0 Å². The van der Waals surface area contributed by atoms with Gasteiger partial charge in [-0.25, -0.2) is 4.79 Å². The molecule has 0 fully saturated rings. The van der Waals surface area contributed by atoms with Crippen molar-refractivity contribution in [3.05, 3.63) is 64.7 Å². The molecule has 98 valence electrons. The zero-order valence-electron chi connectivity index (χ0n) is 11.1. The Morgan fingerprint density at radius 2 is 1.79 bits per heavy atom. The maximum Gasteiger partial charge on any atom is 0.335 e. The first-order valence-corrected chi connectivity index (χ1v) is 6.19. The van der Waals surface area contributed by atoms with Crippen LogP contribution in [0.2, 0.25) is 0 Å². The van der Waals surface area contributed by atoms with E-state index in [9.17, 15) is 4.79 Å². The van der Waals surface area contributed by atoms with Gasteiger partial charge in [-0.15, -0.1) is 0 Å². The third kappa shape index (κ3) is 3.35. The molecule has 0 radical (unpaired) electrons. The predicted octanol–water partition coefficient (Wildman–Crippen LogP) is 3.61. The Balaban J connectivity index is 2.06. The number of carboxylic acids is 1. The summed E-state index contributed by atoms with van der Waals surface area (Å²) in [5, 5.41) is 12.3. The molecule has 0 spiro atoms. The van der Waals surface area contributed by atoms with Crippen LogP contribution in [0.25, 0.3) is 0 Å². The van der Waals surface area contributed by atoms with Crippen LogP contribution in [-0.2, 0) is 6.54 Å². The predicted molar refractivity (Wildman–Crippen MR) is 76.6 cm³/mol. The highest BCUT2D eigenvalue weighted by atomic mass is 16.4. The van der Waals surface area contributed by atoms with Gasteiger partial charge >= 0.3 is 5.97 Å². The summed E-state index contributed by atoms with van der Waals surface area (Å²) in [4.78, 5) is 10.9. The van der Waals surface area contributed by atoms with Crippen molar-refractivity contribution >= 4 is 11.7 Å². The lowest BCUT2D eigenvalue weighted by atomic mass is 10.1. The number of anilines is 1. The Morgan fingerprint density at radius 3 is 2.37 bits per heavy atom. The molecular formula is C16H17NO2. The van der Waals surface area contributed by atoms with E-state index in [-0.39, 0.29) is 0 Å². The fraction of sp³-hybridized carbons (Fsp3) is 0.188. The molecule has 0 unspecified atom stereocenters. The molecule has 0 amide bonds. The van der Waals surface area contributed by atoms with Gasteiger partial charge in [-0.1, -0.05) is 29.8 Å². The Bertz CT molecular complexity index is 588. The third-order valence-electron chi connectivity index (χ3n) is 3.07. The number of carboxylic acid groups (broad SMARTS) is 1. The molecule has 2 N–H and O–H groups in total. The van der Waals surface area contributed by atoms with Crippen LogP contribution in [0.4, 0.5) is 5.69 Å². The molecule has 0 aliphatic heterocycles. The number of carbonyl (C=O) groups is 1. The zero-order chi connectivity index (χ0) is 13.8. The van der Waals surface area contributed by atoms with Gasteiger partial charge in [0.15, 0.2) is 0 Å². The van der Waals surface area contributed by atoms with Crippen molar-refractivity contribution in [2.75, 3.05) is 5.32 Å². The summed E-state index contributed by atoms with van der Waals surface area (Å²) >= 11 is 0. The van der Waals surface area contributed by atoms with Crippen LogP contribution in [-0.4, -0.2) is 11.1 Å². The second-order valence-electron chi connectivity index (χ2n) is 4.67. The van der Waals surface area contributed by atoms with Gasteiger partial charge in [0.1, 0.15) is 0 Å². The van der Waals surface area contributed by atoms with Crippen LogP contribution in [0.5, 0.6) is 0 Å². The van der Waals surface area contributed by atoms with E-state index in [4.69, 9.17) is 5.11 Å². The number of aryl methyl sites for hydroxylation is 2. The van der Waals surface area contributed by atoms with E-state index >= 15 is 0 Å². The van der Waals surface area contributed by atoms with Crippen LogP contribution in [0.3, 0.4) is 0 Å². The van der Waals surface area contributed by atoms with Crippen LogP contribution in [0.15, 0.2) is 42.5 Å². The number of rotatable bonds is 4. The van der Waals surface area contributed by atoms with Gasteiger partial charge in [0.05, 0.1) is 5.56 Å². The minimum atomic E-state index is -0.886. The quantitative estimate of drug-likeness (QED) is 0.877. The van der Waals surface area contributed by atoms with Crippen molar-refractivity contribution in [2.24, 2.45) is 0 Å². The molecule has 3 nitrogen and oxygen atoms in total. The molecule has 0 aliphatic rings. The summed E-state index contributed by atoms with van der Waals surface area (Å²) < 4.78 is 0. The van der Waals surface area contributed by atoms with Crippen molar-refractivity contribution in [1.82, 2.24) is 0 Å². The van der Waals surface area contributed by atoms with Crippen LogP contribution in [0, 0.1) is 13.8 Å². The van der Waals surface area contributed by atoms with E-state index < -0.39 is 5.97 Å². The molecule has 19 heavy (non-hydrogen) atoms. The number of hydrogen-bond donors (Lipinski definition) is 2. The summed E-state index contributed by atoms with van der Waals surface area (Å²) in [6.45, 7) is 4.60. The summed E-state index contributed by atoms with van der Waals surface area (Å²) in [5.74, 6) is -0.886. The standard InChI is InChI=1S/C16H17NO2/c1-11-3-5-13(6-4-11)10-17-14-7-8-15(16(18)19)12(2)9-14/h3-9,17H,10H2,1-2H3,(H,18,19). The lowest BCUT2D eigenvalue weighted by molar-refractivity contribution is 0.0696. The molecule has 2 rings (SSSR count). The summed E-state index contributed by atoms with van der Waals surface area (Å²) in [7, 11) is 0. The van der Waals surface area contributed by atoms with Gasteiger partial charge in [-0.2, -0.15) is 0 Å². The van der Waals surface area contributed by atoms with E-state index in [1.165, 1.54) is 11.1 Å². The normalized spacial score (nSPS) is 10.2. The number of benzene rings is 2. The second-order valence-corrected chi connectivity index (χ2v) is 4.67. The lowest BCUT2D eigenvalue weighted by Gasteiger charge is -2.09. The first-order chi connectivity index (χ1) is 9.06. The van der Waals surface area contributed by atoms with Crippen LogP contribution >= 0.6 is 0 Å². The molecule has 2 aromatic carbocycles. The monoisotopic (exact) mass is 255 g/mol. The highest BCUT2D eigenvalue weighted by molar-refractivity contribution is 5.89. The number of aromatic carboxylic acids is 1. The van der Waals surface area contributed by atoms with Crippen molar-refractivity contribution < 1.29 is 9.90 Å². The van der Waals surface area contributed by atoms with E-state index in [1.807, 2.05) is 6.07 Å². The Labute approximate surface area is 112 Å².